The minimum atomic E-state index is -3.64. The third-order valence-electron chi connectivity index (χ3n) is 2.72. The number of benzene rings is 1. The van der Waals surface area contributed by atoms with Crippen LogP contribution in [0.3, 0.4) is 0 Å². The van der Waals surface area contributed by atoms with E-state index in [0.717, 1.165) is 0 Å². The molecule has 1 aromatic rings. The first-order valence-corrected chi connectivity index (χ1v) is 7.40. The Morgan fingerprint density at radius 1 is 1.32 bits per heavy atom. The Bertz CT molecular complexity index is 516. The number of hydrogen-bond acceptors (Lipinski definition) is 5. The lowest BCUT2D eigenvalue weighted by atomic mass is 10.2. The van der Waals surface area contributed by atoms with Crippen LogP contribution in [-0.2, 0) is 10.0 Å². The van der Waals surface area contributed by atoms with Crippen LogP contribution in [0, 0.1) is 0 Å². The quantitative estimate of drug-likeness (QED) is 0.771. The van der Waals surface area contributed by atoms with Gasteiger partial charge in [0.15, 0.2) is 0 Å². The fourth-order valence-electron chi connectivity index (χ4n) is 1.44. The molecule has 0 saturated heterocycles. The molecule has 1 atom stereocenters. The number of nitrogens with one attached hydrogen (secondary N) is 1. The van der Waals surface area contributed by atoms with E-state index in [0.29, 0.717) is 12.2 Å². The van der Waals surface area contributed by atoms with Crippen LogP contribution >= 0.6 is 0 Å². The molecule has 0 bridgehead atoms. The molecule has 0 aromatic heterocycles. The maximum absolute atomic E-state index is 12.1. The fraction of sp³-hybridized carbons (Fsp3) is 0.500. The van der Waals surface area contributed by atoms with Crippen molar-refractivity contribution in [1.29, 1.82) is 0 Å². The van der Waals surface area contributed by atoms with Crippen LogP contribution in [-0.4, -0.2) is 35.2 Å². The summed E-state index contributed by atoms with van der Waals surface area (Å²) >= 11 is 0. The van der Waals surface area contributed by atoms with Gasteiger partial charge in [-0.3, -0.25) is 0 Å². The van der Waals surface area contributed by atoms with Gasteiger partial charge in [0.1, 0.15) is 16.4 Å². The van der Waals surface area contributed by atoms with Gasteiger partial charge in [-0.25, -0.2) is 13.1 Å². The van der Waals surface area contributed by atoms with E-state index in [1.54, 1.807) is 6.07 Å². The zero-order valence-electron chi connectivity index (χ0n) is 11.3. The Kier molecular flexibility index (Phi) is 5.59. The summed E-state index contributed by atoms with van der Waals surface area (Å²) < 4.78 is 36.9. The van der Waals surface area contributed by atoms with Gasteiger partial charge in [-0.2, -0.15) is 0 Å². The van der Waals surface area contributed by atoms with Crippen LogP contribution in [0.15, 0.2) is 23.1 Å². The first kappa shape index (κ1) is 15.7. The highest BCUT2D eigenvalue weighted by molar-refractivity contribution is 7.89. The molecule has 0 fully saturated rings. The number of methoxy groups -OCH3 is 2. The highest BCUT2D eigenvalue weighted by Gasteiger charge is 2.20. The Hall–Kier alpha value is -1.31. The minimum Gasteiger partial charge on any atom is -0.497 e. The van der Waals surface area contributed by atoms with Crippen LogP contribution < -0.4 is 19.9 Å². The van der Waals surface area contributed by atoms with Gasteiger partial charge in [0.05, 0.1) is 14.2 Å². The lowest BCUT2D eigenvalue weighted by Gasteiger charge is -2.14. The average molecular weight is 288 g/mol. The summed E-state index contributed by atoms with van der Waals surface area (Å²) in [6.07, 6.45) is 0.697. The molecule has 7 heteroatoms. The molecule has 0 amide bonds. The predicted molar refractivity (Wildman–Crippen MR) is 73.0 cm³/mol. The zero-order chi connectivity index (χ0) is 14.5. The van der Waals surface area contributed by atoms with Crippen molar-refractivity contribution in [2.24, 2.45) is 5.73 Å². The van der Waals surface area contributed by atoms with E-state index in [9.17, 15) is 8.42 Å². The lowest BCUT2D eigenvalue weighted by Crippen LogP contribution is -2.36. The SMILES string of the molecule is CCC(N)CNS(=O)(=O)c1ccc(OC)cc1OC. The van der Waals surface area contributed by atoms with Crippen molar-refractivity contribution in [3.63, 3.8) is 0 Å². The number of nitrogens with two attached hydrogens (primary N) is 1. The van der Waals surface area contributed by atoms with Gasteiger partial charge in [-0.15, -0.1) is 0 Å². The second-order valence-corrected chi connectivity index (χ2v) is 5.77. The molecule has 1 aromatic carbocycles. The maximum Gasteiger partial charge on any atom is 0.244 e. The van der Waals surface area contributed by atoms with E-state index >= 15 is 0 Å². The lowest BCUT2D eigenvalue weighted by molar-refractivity contribution is 0.386. The summed E-state index contributed by atoms with van der Waals surface area (Å²) in [5.74, 6) is 0.762. The van der Waals surface area contributed by atoms with Crippen molar-refractivity contribution in [1.82, 2.24) is 4.72 Å². The standard InChI is InChI=1S/C12H20N2O4S/c1-4-9(13)8-14-19(15,16)12-6-5-10(17-2)7-11(12)18-3/h5-7,9,14H,4,8,13H2,1-3H3. The maximum atomic E-state index is 12.1. The van der Waals surface area contributed by atoms with Gasteiger partial charge in [0.2, 0.25) is 10.0 Å². The number of hydrogen-bond donors (Lipinski definition) is 2. The van der Waals surface area contributed by atoms with Crippen molar-refractivity contribution in [3.05, 3.63) is 18.2 Å². The van der Waals surface area contributed by atoms with Gasteiger partial charge < -0.3 is 15.2 Å². The summed E-state index contributed by atoms with van der Waals surface area (Å²) in [5, 5.41) is 0. The van der Waals surface area contributed by atoms with E-state index in [1.165, 1.54) is 26.4 Å². The van der Waals surface area contributed by atoms with E-state index < -0.39 is 10.0 Å². The molecular weight excluding hydrogens is 268 g/mol. The molecule has 0 aliphatic heterocycles. The molecule has 0 aliphatic rings. The van der Waals surface area contributed by atoms with Crippen LogP contribution in [0.5, 0.6) is 11.5 Å². The molecule has 0 aliphatic carbocycles. The van der Waals surface area contributed by atoms with Crippen LogP contribution in [0.2, 0.25) is 0 Å². The van der Waals surface area contributed by atoms with Gasteiger partial charge in [-0.1, -0.05) is 6.92 Å². The molecule has 1 unspecified atom stereocenters. The van der Waals surface area contributed by atoms with Crippen LogP contribution in [0.25, 0.3) is 0 Å². The van der Waals surface area contributed by atoms with Crippen molar-refractivity contribution in [3.8, 4) is 11.5 Å². The summed E-state index contributed by atoms with van der Waals surface area (Å²) in [6.45, 7) is 2.08. The molecule has 0 heterocycles. The largest absolute Gasteiger partial charge is 0.497 e. The third-order valence-corrected chi connectivity index (χ3v) is 4.18. The van der Waals surface area contributed by atoms with Crippen LogP contribution in [0.1, 0.15) is 13.3 Å². The Morgan fingerprint density at radius 3 is 2.53 bits per heavy atom. The molecule has 1 rings (SSSR count). The fourth-order valence-corrected chi connectivity index (χ4v) is 2.68. The van der Waals surface area contributed by atoms with Crippen molar-refractivity contribution >= 4 is 10.0 Å². The van der Waals surface area contributed by atoms with E-state index in [1.807, 2.05) is 6.92 Å². The second kappa shape index (κ2) is 6.74. The monoisotopic (exact) mass is 288 g/mol. The molecule has 108 valence electrons. The van der Waals surface area contributed by atoms with Crippen LogP contribution in [0.4, 0.5) is 0 Å². The molecule has 0 saturated carbocycles. The predicted octanol–water partition coefficient (Wildman–Crippen LogP) is 0.719. The first-order chi connectivity index (χ1) is 8.94. The van der Waals surface area contributed by atoms with Gasteiger partial charge in [0.25, 0.3) is 0 Å². The van der Waals surface area contributed by atoms with Gasteiger partial charge >= 0.3 is 0 Å². The van der Waals surface area contributed by atoms with E-state index in [-0.39, 0.29) is 23.2 Å². The second-order valence-electron chi connectivity index (χ2n) is 4.04. The zero-order valence-corrected chi connectivity index (χ0v) is 12.2. The van der Waals surface area contributed by atoms with E-state index in [2.05, 4.69) is 4.72 Å². The Labute approximate surface area is 113 Å². The third kappa shape index (κ3) is 4.09. The Balaban J connectivity index is 3.00. The topological polar surface area (TPSA) is 90.7 Å². The Morgan fingerprint density at radius 2 is 2.00 bits per heavy atom. The number of rotatable bonds is 7. The highest BCUT2D eigenvalue weighted by Crippen LogP contribution is 2.28. The molecule has 6 nitrogen and oxygen atoms in total. The molecule has 0 radical (unpaired) electrons. The first-order valence-electron chi connectivity index (χ1n) is 5.91. The van der Waals surface area contributed by atoms with Gasteiger partial charge in [0, 0.05) is 18.7 Å². The summed E-state index contributed by atoms with van der Waals surface area (Å²) in [7, 11) is -0.734. The number of ether oxygens (including phenoxy) is 2. The van der Waals surface area contributed by atoms with Crippen molar-refractivity contribution in [2.45, 2.75) is 24.3 Å². The molecule has 0 spiro atoms. The number of sulfonamides is 1. The van der Waals surface area contributed by atoms with Gasteiger partial charge in [-0.05, 0) is 18.6 Å². The molecule has 3 N–H and O–H groups in total. The summed E-state index contributed by atoms with van der Waals surface area (Å²) in [5.41, 5.74) is 5.70. The average Bonchev–Trinajstić information content (AvgIpc) is 2.43. The highest BCUT2D eigenvalue weighted by atomic mass is 32.2. The minimum absolute atomic E-state index is 0.0686. The normalized spacial score (nSPS) is 13.1. The smallest absolute Gasteiger partial charge is 0.244 e. The van der Waals surface area contributed by atoms with Crippen molar-refractivity contribution in [2.75, 3.05) is 20.8 Å². The molecule has 19 heavy (non-hydrogen) atoms. The summed E-state index contributed by atoms with van der Waals surface area (Å²) in [6, 6.07) is 4.32. The van der Waals surface area contributed by atoms with Crippen molar-refractivity contribution < 1.29 is 17.9 Å². The van der Waals surface area contributed by atoms with E-state index in [4.69, 9.17) is 15.2 Å². The molecular formula is C12H20N2O4S. The summed E-state index contributed by atoms with van der Waals surface area (Å²) in [4.78, 5) is 0.0686.